The lowest BCUT2D eigenvalue weighted by Crippen LogP contribution is -2.12. The second kappa shape index (κ2) is 6.08. The lowest BCUT2D eigenvalue weighted by molar-refractivity contribution is -0.137. The van der Waals surface area contributed by atoms with E-state index in [1.165, 1.54) is 0 Å². The molecule has 116 valence electrons. The van der Waals surface area contributed by atoms with E-state index in [4.69, 9.17) is 0 Å². The minimum atomic E-state index is -0.782. The highest BCUT2D eigenvalue weighted by molar-refractivity contribution is 5.69. The van der Waals surface area contributed by atoms with E-state index in [-0.39, 0.29) is 24.2 Å². The van der Waals surface area contributed by atoms with Crippen LogP contribution in [0, 0.1) is 5.92 Å². The molecule has 0 bridgehead atoms. The molecule has 3 heteroatoms. The van der Waals surface area contributed by atoms with Crippen molar-refractivity contribution in [3.05, 3.63) is 28.8 Å². The molecule has 1 atom stereocenters. The number of carboxylic acids is 1. The van der Waals surface area contributed by atoms with Gasteiger partial charge in [0, 0.05) is 11.5 Å². The van der Waals surface area contributed by atoms with Crippen LogP contribution in [0.2, 0.25) is 0 Å². The third kappa shape index (κ3) is 3.39. The largest absolute Gasteiger partial charge is 0.507 e. The van der Waals surface area contributed by atoms with E-state index in [1.54, 1.807) is 0 Å². The zero-order valence-electron chi connectivity index (χ0n) is 13.4. The number of aliphatic carboxylic acids is 1. The van der Waals surface area contributed by atoms with E-state index >= 15 is 0 Å². The first-order chi connectivity index (χ1) is 9.82. The molecule has 0 aromatic heterocycles. The van der Waals surface area contributed by atoms with Gasteiger partial charge in [0.15, 0.2) is 0 Å². The maximum absolute atomic E-state index is 11.2. The van der Waals surface area contributed by atoms with Crippen molar-refractivity contribution in [2.24, 2.45) is 5.92 Å². The Kier molecular flexibility index (Phi) is 4.60. The van der Waals surface area contributed by atoms with Crippen LogP contribution in [-0.4, -0.2) is 16.2 Å². The molecule has 1 aromatic rings. The number of phenols is 1. The van der Waals surface area contributed by atoms with Crippen LogP contribution in [0.25, 0.3) is 0 Å². The van der Waals surface area contributed by atoms with Gasteiger partial charge in [-0.3, -0.25) is 4.79 Å². The number of aromatic hydroxyl groups is 1. The fourth-order valence-corrected chi connectivity index (χ4v) is 3.19. The van der Waals surface area contributed by atoms with Crippen molar-refractivity contribution in [3.8, 4) is 5.75 Å². The molecule has 0 aliphatic heterocycles. The summed E-state index contributed by atoms with van der Waals surface area (Å²) in [6, 6.07) is 4.07. The highest BCUT2D eigenvalue weighted by atomic mass is 16.4. The van der Waals surface area contributed by atoms with E-state index in [0.29, 0.717) is 11.7 Å². The molecule has 21 heavy (non-hydrogen) atoms. The summed E-state index contributed by atoms with van der Waals surface area (Å²) in [5.74, 6) is 0.410. The molecule has 1 aromatic carbocycles. The van der Waals surface area contributed by atoms with E-state index in [0.717, 1.165) is 29.5 Å². The van der Waals surface area contributed by atoms with Crippen LogP contribution in [-0.2, 0) is 4.79 Å². The Morgan fingerprint density at radius 1 is 1.14 bits per heavy atom. The Balaban J connectivity index is 2.55. The van der Waals surface area contributed by atoms with Gasteiger partial charge in [0.1, 0.15) is 5.75 Å². The third-order valence-electron chi connectivity index (χ3n) is 4.48. The molecule has 0 heterocycles. The van der Waals surface area contributed by atoms with Gasteiger partial charge in [-0.15, -0.1) is 0 Å². The van der Waals surface area contributed by atoms with Gasteiger partial charge in [0.25, 0.3) is 0 Å². The van der Waals surface area contributed by atoms with Gasteiger partial charge in [-0.2, -0.15) is 0 Å². The van der Waals surface area contributed by atoms with Gasteiger partial charge in [-0.25, -0.2) is 0 Å². The highest BCUT2D eigenvalue weighted by Gasteiger charge is 2.37. The first-order valence-electron chi connectivity index (χ1n) is 7.90. The van der Waals surface area contributed by atoms with Crippen LogP contribution in [0.4, 0.5) is 0 Å². The number of rotatable bonds is 6. The monoisotopic (exact) mass is 290 g/mol. The minimum Gasteiger partial charge on any atom is -0.507 e. The Morgan fingerprint density at radius 2 is 1.67 bits per heavy atom. The van der Waals surface area contributed by atoms with E-state index in [2.05, 4.69) is 33.8 Å². The van der Waals surface area contributed by atoms with Crippen LogP contribution < -0.4 is 0 Å². The molecule has 0 radical (unpaired) electrons. The average molecular weight is 290 g/mol. The van der Waals surface area contributed by atoms with E-state index in [1.807, 2.05) is 6.07 Å². The van der Waals surface area contributed by atoms with Crippen LogP contribution in [0.3, 0.4) is 0 Å². The first-order valence-corrected chi connectivity index (χ1v) is 7.90. The number of hydrogen-bond acceptors (Lipinski definition) is 2. The third-order valence-corrected chi connectivity index (χ3v) is 4.48. The molecule has 0 amide bonds. The summed E-state index contributed by atoms with van der Waals surface area (Å²) in [6.07, 6.45) is 2.25. The second-order valence-electron chi connectivity index (χ2n) is 6.86. The van der Waals surface area contributed by atoms with E-state index < -0.39 is 5.97 Å². The molecular weight excluding hydrogens is 264 g/mol. The summed E-state index contributed by atoms with van der Waals surface area (Å²) in [5.41, 5.74) is 2.90. The molecule has 1 saturated carbocycles. The number of phenolic OH excluding ortho intramolecular Hbond substituents is 1. The van der Waals surface area contributed by atoms with Crippen molar-refractivity contribution in [1.82, 2.24) is 0 Å². The fraction of sp³-hybridized carbons (Fsp3) is 0.611. The quantitative estimate of drug-likeness (QED) is 0.804. The topological polar surface area (TPSA) is 57.5 Å². The maximum atomic E-state index is 11.2. The van der Waals surface area contributed by atoms with Gasteiger partial charge < -0.3 is 10.2 Å². The van der Waals surface area contributed by atoms with Crippen LogP contribution in [0.1, 0.15) is 81.4 Å². The fourth-order valence-electron chi connectivity index (χ4n) is 3.19. The normalized spacial score (nSPS) is 16.5. The molecule has 3 nitrogen and oxygen atoms in total. The molecular formula is C18H26O3. The van der Waals surface area contributed by atoms with Gasteiger partial charge in [0.05, 0.1) is 6.42 Å². The summed E-state index contributed by atoms with van der Waals surface area (Å²) in [6.45, 7) is 8.30. The van der Waals surface area contributed by atoms with Crippen LogP contribution >= 0.6 is 0 Å². The summed E-state index contributed by atoms with van der Waals surface area (Å²) >= 11 is 0. The molecule has 1 fully saturated rings. The van der Waals surface area contributed by atoms with Crippen molar-refractivity contribution in [3.63, 3.8) is 0 Å². The van der Waals surface area contributed by atoms with Gasteiger partial charge in [-0.1, -0.05) is 39.8 Å². The van der Waals surface area contributed by atoms with E-state index in [9.17, 15) is 15.0 Å². The molecule has 2 N–H and O–H groups in total. The average Bonchev–Trinajstić information content (AvgIpc) is 3.19. The van der Waals surface area contributed by atoms with Gasteiger partial charge in [0.2, 0.25) is 0 Å². The number of benzene rings is 1. The Morgan fingerprint density at radius 3 is 2.10 bits per heavy atom. The first kappa shape index (κ1) is 15.9. The SMILES string of the molecule is CC(C)c1ccc(C(C)C)c(C(CC(=O)O)C2CC2)c1O. The number of carbonyl (C=O) groups is 1. The predicted octanol–water partition coefficient (Wildman–Crippen LogP) is 4.61. The molecule has 2 rings (SSSR count). The van der Waals surface area contributed by atoms with Crippen molar-refractivity contribution in [2.75, 3.05) is 0 Å². The number of carboxylic acid groups (broad SMARTS) is 1. The molecule has 0 saturated heterocycles. The van der Waals surface area contributed by atoms with Crippen molar-refractivity contribution in [2.45, 2.75) is 64.7 Å². The van der Waals surface area contributed by atoms with Crippen molar-refractivity contribution < 1.29 is 15.0 Å². The standard InChI is InChI=1S/C18H26O3/c1-10(2)13-7-8-14(11(3)4)18(21)17(13)15(9-16(19)20)12-5-6-12/h7-8,10-12,15,21H,5-6,9H2,1-4H3,(H,19,20). The highest BCUT2D eigenvalue weighted by Crippen LogP contribution is 2.50. The zero-order valence-corrected chi connectivity index (χ0v) is 13.4. The Labute approximate surface area is 127 Å². The lowest BCUT2D eigenvalue weighted by atomic mass is 9.81. The Bertz CT molecular complexity index is 528. The zero-order chi connectivity index (χ0) is 15.7. The van der Waals surface area contributed by atoms with Crippen LogP contribution in [0.5, 0.6) is 5.75 Å². The van der Waals surface area contributed by atoms with Crippen LogP contribution in [0.15, 0.2) is 12.1 Å². The van der Waals surface area contributed by atoms with Gasteiger partial charge in [-0.05, 0) is 41.7 Å². The Hall–Kier alpha value is -1.51. The predicted molar refractivity (Wildman–Crippen MR) is 84.0 cm³/mol. The maximum Gasteiger partial charge on any atom is 0.303 e. The van der Waals surface area contributed by atoms with Crippen molar-refractivity contribution in [1.29, 1.82) is 0 Å². The van der Waals surface area contributed by atoms with Crippen molar-refractivity contribution >= 4 is 5.97 Å². The summed E-state index contributed by atoms with van der Waals surface area (Å²) in [5, 5.41) is 20.0. The second-order valence-corrected chi connectivity index (χ2v) is 6.86. The molecule has 1 aliphatic rings. The minimum absolute atomic E-state index is 0.0569. The van der Waals surface area contributed by atoms with Gasteiger partial charge >= 0.3 is 5.97 Å². The summed E-state index contributed by atoms with van der Waals surface area (Å²) in [4.78, 5) is 11.2. The molecule has 0 spiro atoms. The smallest absolute Gasteiger partial charge is 0.303 e. The summed E-state index contributed by atoms with van der Waals surface area (Å²) in [7, 11) is 0. The number of hydrogen-bond donors (Lipinski definition) is 2. The summed E-state index contributed by atoms with van der Waals surface area (Å²) < 4.78 is 0. The molecule has 1 unspecified atom stereocenters. The molecule has 1 aliphatic carbocycles. The lowest BCUT2D eigenvalue weighted by Gasteiger charge is -2.24.